The highest BCUT2D eigenvalue weighted by Crippen LogP contribution is 2.32. The zero-order chi connectivity index (χ0) is 16.9. The Morgan fingerprint density at radius 3 is 1.96 bits per heavy atom. The average molecular weight is 349 g/mol. The van der Waals surface area contributed by atoms with E-state index in [9.17, 15) is 9.59 Å². The number of aromatic nitrogens is 3. The minimum absolute atomic E-state index is 0.290. The molecule has 23 heavy (non-hydrogen) atoms. The van der Waals surface area contributed by atoms with Crippen LogP contribution >= 0.6 is 24.4 Å². The number of H-pyrrole nitrogens is 2. The van der Waals surface area contributed by atoms with Gasteiger partial charge in [-0.1, -0.05) is 0 Å². The fourth-order valence-electron chi connectivity index (χ4n) is 2.76. The summed E-state index contributed by atoms with van der Waals surface area (Å²) in [6.45, 7) is 3.37. The van der Waals surface area contributed by atoms with Crippen molar-refractivity contribution in [1.29, 1.82) is 0 Å². The minimum Gasteiger partial charge on any atom is -0.314 e. The fourth-order valence-corrected chi connectivity index (χ4v) is 3.32. The predicted molar refractivity (Wildman–Crippen MR) is 90.7 cm³/mol. The number of nitrogens with zero attached hydrogens (tertiary/aromatic N) is 2. The van der Waals surface area contributed by atoms with Crippen molar-refractivity contribution in [3.05, 3.63) is 33.8 Å². The van der Waals surface area contributed by atoms with Crippen LogP contribution in [0.3, 0.4) is 0 Å². The molecule has 1 atom stereocenters. The second-order valence-electron chi connectivity index (χ2n) is 5.79. The number of amides is 1. The summed E-state index contributed by atoms with van der Waals surface area (Å²) in [4.78, 5) is 25.9. The predicted octanol–water partition coefficient (Wildman–Crippen LogP) is 1.61. The molecule has 0 aliphatic carbocycles. The van der Waals surface area contributed by atoms with Gasteiger partial charge in [0, 0.05) is 5.69 Å². The van der Waals surface area contributed by atoms with Gasteiger partial charge in [-0.15, -0.1) is 0 Å². The van der Waals surface area contributed by atoms with Crippen LogP contribution in [-0.4, -0.2) is 38.0 Å². The van der Waals surface area contributed by atoms with E-state index in [1.165, 1.54) is 4.90 Å². The van der Waals surface area contributed by atoms with Crippen LogP contribution in [0.2, 0.25) is 0 Å². The number of benzene rings is 1. The highest BCUT2D eigenvalue weighted by molar-refractivity contribution is 7.72. The van der Waals surface area contributed by atoms with E-state index in [2.05, 4.69) is 10.2 Å². The van der Waals surface area contributed by atoms with Crippen molar-refractivity contribution in [1.82, 2.24) is 14.8 Å². The standard InChI is InChI=1S/C14H15N5O2S2/c1-14(2)10(20)9(15)11(21)19(14)8-5-3-7(4-6-8)18-12(22)16-17-13(18)23/h3-6,9H,15H2,1-2H3,(H,16,22)(H,17,23). The second-order valence-corrected chi connectivity index (χ2v) is 6.56. The van der Waals surface area contributed by atoms with Gasteiger partial charge in [-0.05, 0) is 62.5 Å². The topological polar surface area (TPSA) is 99.9 Å². The lowest BCUT2D eigenvalue weighted by Gasteiger charge is -2.29. The molecule has 7 nitrogen and oxygen atoms in total. The van der Waals surface area contributed by atoms with Crippen LogP contribution in [0.15, 0.2) is 24.3 Å². The molecule has 1 aromatic carbocycles. The van der Waals surface area contributed by atoms with Gasteiger partial charge in [-0.25, -0.2) is 0 Å². The first-order valence-corrected chi connectivity index (χ1v) is 7.71. The molecule has 3 rings (SSSR count). The largest absolute Gasteiger partial charge is 0.314 e. The molecule has 0 spiro atoms. The highest BCUT2D eigenvalue weighted by Gasteiger charge is 2.51. The number of rotatable bonds is 2. The van der Waals surface area contributed by atoms with Gasteiger partial charge in [0.2, 0.25) is 0 Å². The van der Waals surface area contributed by atoms with Crippen LogP contribution in [0, 0.1) is 9.54 Å². The van der Waals surface area contributed by atoms with Crippen LogP contribution in [-0.2, 0) is 9.59 Å². The van der Waals surface area contributed by atoms with E-state index in [0.29, 0.717) is 15.2 Å². The van der Waals surface area contributed by atoms with Gasteiger partial charge in [-0.3, -0.25) is 29.3 Å². The molecular weight excluding hydrogens is 334 g/mol. The summed E-state index contributed by atoms with van der Waals surface area (Å²) in [6, 6.07) is 5.92. The lowest BCUT2D eigenvalue weighted by molar-refractivity contribution is -0.124. The summed E-state index contributed by atoms with van der Waals surface area (Å²) in [5, 5.41) is 5.52. The molecule has 0 bridgehead atoms. The number of nitrogens with two attached hydrogens (primary N) is 1. The zero-order valence-electron chi connectivity index (χ0n) is 12.5. The van der Waals surface area contributed by atoms with Crippen molar-refractivity contribution in [3.63, 3.8) is 0 Å². The molecule has 4 N–H and O–H groups in total. The molecule has 1 aromatic heterocycles. The van der Waals surface area contributed by atoms with Crippen molar-refractivity contribution in [2.45, 2.75) is 25.4 Å². The third kappa shape index (κ3) is 2.28. The first kappa shape index (κ1) is 15.8. The summed E-state index contributed by atoms with van der Waals surface area (Å²) >= 11 is 10.3. The third-order valence-electron chi connectivity index (χ3n) is 3.98. The Hall–Kier alpha value is -2.10. The number of aromatic amines is 2. The van der Waals surface area contributed by atoms with Crippen molar-refractivity contribution in [2.75, 3.05) is 4.90 Å². The maximum atomic E-state index is 12.3. The second kappa shape index (κ2) is 5.22. The molecule has 0 saturated carbocycles. The van der Waals surface area contributed by atoms with Crippen molar-refractivity contribution < 1.29 is 9.59 Å². The van der Waals surface area contributed by atoms with Crippen molar-refractivity contribution in [3.8, 4) is 5.69 Å². The van der Waals surface area contributed by atoms with Gasteiger partial charge in [-0.2, -0.15) is 0 Å². The lowest BCUT2D eigenvalue weighted by Crippen LogP contribution is -2.44. The van der Waals surface area contributed by atoms with Crippen molar-refractivity contribution in [2.24, 2.45) is 5.73 Å². The highest BCUT2D eigenvalue weighted by atomic mass is 32.1. The van der Waals surface area contributed by atoms with E-state index >= 15 is 0 Å². The molecule has 2 aromatic rings. The fraction of sp³-hybridized carbons (Fsp3) is 0.286. The maximum absolute atomic E-state index is 12.3. The summed E-state index contributed by atoms with van der Waals surface area (Å²) in [5.41, 5.74) is 6.07. The molecule has 1 fully saturated rings. The van der Waals surface area contributed by atoms with Crippen LogP contribution in [0.5, 0.6) is 0 Å². The van der Waals surface area contributed by atoms with Crippen LogP contribution in [0.1, 0.15) is 13.8 Å². The number of hydrogen-bond acceptors (Lipinski definition) is 5. The monoisotopic (exact) mass is 349 g/mol. The molecule has 2 heterocycles. The Morgan fingerprint density at radius 2 is 1.52 bits per heavy atom. The molecule has 1 amide bonds. The lowest BCUT2D eigenvalue weighted by atomic mass is 9.98. The molecular formula is C14H15N5O2S2. The number of carbonyl (C=O) groups is 2. The average Bonchev–Trinajstić information content (AvgIpc) is 2.91. The van der Waals surface area contributed by atoms with Gasteiger partial charge in [0.25, 0.3) is 5.91 Å². The Kier molecular flexibility index (Phi) is 3.58. The first-order valence-electron chi connectivity index (χ1n) is 6.89. The molecule has 9 heteroatoms. The van der Waals surface area contributed by atoms with E-state index in [-0.39, 0.29) is 5.78 Å². The van der Waals surface area contributed by atoms with Gasteiger partial charge >= 0.3 is 0 Å². The zero-order valence-corrected chi connectivity index (χ0v) is 14.1. The number of hydrogen-bond donors (Lipinski definition) is 3. The van der Waals surface area contributed by atoms with Gasteiger partial charge in [0.05, 0.1) is 5.69 Å². The molecule has 0 radical (unpaired) electrons. The Bertz CT molecular complexity index is 879. The number of nitrogens with one attached hydrogen (secondary N) is 2. The van der Waals surface area contributed by atoms with Gasteiger partial charge < -0.3 is 5.73 Å². The van der Waals surface area contributed by atoms with E-state index in [0.717, 1.165) is 5.69 Å². The number of ketones is 1. The Labute approximate surface area is 142 Å². The minimum atomic E-state index is -1.11. The SMILES string of the molecule is CC1(C)C(=O)C(N)C(=O)N1c1ccc(-n2c(=S)[nH][nH]c2=S)cc1. The van der Waals surface area contributed by atoms with E-state index in [1.54, 1.807) is 42.7 Å². The Morgan fingerprint density at radius 1 is 1.04 bits per heavy atom. The van der Waals surface area contributed by atoms with E-state index in [4.69, 9.17) is 30.2 Å². The first-order chi connectivity index (χ1) is 10.7. The van der Waals surface area contributed by atoms with Gasteiger partial charge in [0.15, 0.2) is 15.3 Å². The quantitative estimate of drug-likeness (QED) is 0.565. The van der Waals surface area contributed by atoms with Crippen LogP contribution in [0.25, 0.3) is 5.69 Å². The summed E-state index contributed by atoms with van der Waals surface area (Å²) in [5.74, 6) is -0.690. The Balaban J connectivity index is 2.04. The van der Waals surface area contributed by atoms with Gasteiger partial charge in [0.1, 0.15) is 11.6 Å². The van der Waals surface area contributed by atoms with Crippen LogP contribution < -0.4 is 10.6 Å². The molecule has 1 aliphatic rings. The summed E-state index contributed by atoms with van der Waals surface area (Å²) in [6.07, 6.45) is 0. The molecule has 120 valence electrons. The number of carbonyl (C=O) groups excluding carboxylic acids is 2. The normalized spacial score (nSPS) is 20.3. The third-order valence-corrected chi connectivity index (χ3v) is 4.55. The van der Waals surface area contributed by atoms with Crippen LogP contribution in [0.4, 0.5) is 5.69 Å². The van der Waals surface area contributed by atoms with Crippen molar-refractivity contribution >= 4 is 41.8 Å². The molecule has 1 unspecified atom stereocenters. The van der Waals surface area contributed by atoms with E-state index in [1.807, 2.05) is 0 Å². The number of Topliss-reactive ketones (excluding diaryl/α,β-unsaturated/α-hetero) is 1. The maximum Gasteiger partial charge on any atom is 0.252 e. The molecule has 1 saturated heterocycles. The number of anilines is 1. The summed E-state index contributed by atoms with van der Waals surface area (Å²) in [7, 11) is 0. The smallest absolute Gasteiger partial charge is 0.252 e. The molecule has 1 aliphatic heterocycles. The summed E-state index contributed by atoms with van der Waals surface area (Å²) < 4.78 is 2.54. The van der Waals surface area contributed by atoms with E-state index < -0.39 is 17.5 Å².